The number of hydrogen-bond acceptors (Lipinski definition) is 7. The van der Waals surface area contributed by atoms with Gasteiger partial charge < -0.3 is 57.8 Å². The fourth-order valence-electron chi connectivity index (χ4n) is 12.4. The van der Waals surface area contributed by atoms with Gasteiger partial charge in [-0.2, -0.15) is 0 Å². The van der Waals surface area contributed by atoms with Crippen molar-refractivity contribution in [2.24, 2.45) is 0 Å². The molecule has 0 saturated carbocycles. The molecule has 15 aromatic rings. The molecule has 17 nitrogen and oxygen atoms in total. The summed E-state index contributed by atoms with van der Waals surface area (Å²) < 4.78 is 73.1. The van der Waals surface area contributed by atoms with Gasteiger partial charge in [0.2, 0.25) is 12.7 Å². The summed E-state index contributed by atoms with van der Waals surface area (Å²) in [4.78, 5) is 54.8. The zero-order valence-corrected chi connectivity index (χ0v) is 64.0. The van der Waals surface area contributed by atoms with Crippen LogP contribution in [0.2, 0.25) is 5.02 Å². The van der Waals surface area contributed by atoms with Crippen LogP contribution >= 0.6 is 11.6 Å². The highest BCUT2D eigenvalue weighted by Crippen LogP contribution is 2.35. The number of ether oxygens (including phenoxy) is 2. The summed E-state index contributed by atoms with van der Waals surface area (Å²) in [5.74, 6) is -6.77. The molecule has 0 aliphatic heterocycles. The van der Waals surface area contributed by atoms with E-state index >= 15 is 0 Å². The Morgan fingerprint density at radius 1 is 0.362 bits per heavy atom. The molecule has 116 heavy (non-hydrogen) atoms. The number of aromatic nitrogens is 5. The fourth-order valence-corrected chi connectivity index (χ4v) is 12.7. The first-order valence-corrected chi connectivity index (χ1v) is 36.7. The van der Waals surface area contributed by atoms with Gasteiger partial charge in [-0.1, -0.05) is 122 Å². The van der Waals surface area contributed by atoms with Crippen molar-refractivity contribution in [1.82, 2.24) is 22.8 Å². The lowest BCUT2D eigenvalue weighted by Gasteiger charge is -2.16. The summed E-state index contributed by atoms with van der Waals surface area (Å²) in [6, 6.07) is 78.3. The second-order valence-electron chi connectivity index (χ2n) is 26.7. The van der Waals surface area contributed by atoms with Gasteiger partial charge in [0.25, 0.3) is 5.92 Å². The smallest absolute Gasteiger partial charge is 0.335 e. The van der Waals surface area contributed by atoms with Gasteiger partial charge in [0.05, 0.1) is 33.5 Å². The van der Waals surface area contributed by atoms with Crippen molar-refractivity contribution in [3.63, 3.8) is 0 Å². The van der Waals surface area contributed by atoms with Crippen LogP contribution in [-0.4, -0.2) is 90.9 Å². The van der Waals surface area contributed by atoms with Crippen LogP contribution in [0.3, 0.4) is 0 Å². The highest BCUT2D eigenvalue weighted by atomic mass is 35.5. The number of alkyl halides is 4. The van der Waals surface area contributed by atoms with E-state index in [-0.39, 0.29) is 27.8 Å². The predicted octanol–water partition coefficient (Wildman–Crippen LogP) is 23.2. The molecular formula is C94H78ClF4N5O12. The van der Waals surface area contributed by atoms with Crippen molar-refractivity contribution in [3.8, 4) is 95.6 Å². The van der Waals surface area contributed by atoms with E-state index in [2.05, 4.69) is 48.0 Å². The number of hydrogen-bond donors (Lipinski definition) is 5. The summed E-state index contributed by atoms with van der Waals surface area (Å²) in [6.45, 7) is 7.68. The SMILES string of the molecule is CC(F)(F)c1ccccc1-n1ccc(-c2cccc(C(=O)O)c2)c1.CC(F)Oc1cccc(-n2ccc(-c3ccc(C(=O)O)cc3)c2)c1.CC(F)Oc1cccc(-n2ccc(-c3cccc(C(=O)O)c3)c2)c1.CCc1cccc(-n2ccc(-c3ccc(C(=O)O)cc3)c2)c1.Cc1cc(Cl)cc(-n2ccc(-c3ccc(C(=O)O)cc3)c2)c1. The Labute approximate surface area is 670 Å². The van der Waals surface area contributed by atoms with Crippen molar-refractivity contribution in [2.75, 3.05) is 0 Å². The second kappa shape index (κ2) is 37.7. The highest BCUT2D eigenvalue weighted by Gasteiger charge is 2.28. The highest BCUT2D eigenvalue weighted by molar-refractivity contribution is 6.30. The lowest BCUT2D eigenvalue weighted by molar-refractivity contribution is 0.0174. The summed E-state index contributed by atoms with van der Waals surface area (Å²) in [6.07, 6.45) is 17.3. The van der Waals surface area contributed by atoms with E-state index in [1.54, 1.807) is 163 Å². The molecule has 586 valence electrons. The van der Waals surface area contributed by atoms with Crippen LogP contribution in [0, 0.1) is 6.92 Å². The molecule has 0 spiro atoms. The Morgan fingerprint density at radius 3 is 1.08 bits per heavy atom. The summed E-state index contributed by atoms with van der Waals surface area (Å²) in [7, 11) is 0. The van der Waals surface area contributed by atoms with Crippen LogP contribution < -0.4 is 9.47 Å². The number of para-hydroxylation sites is 1. The summed E-state index contributed by atoms with van der Waals surface area (Å²) in [5.41, 5.74) is 16.9. The molecule has 0 fully saturated rings. The Kier molecular flexibility index (Phi) is 26.8. The third-order valence-corrected chi connectivity index (χ3v) is 18.4. The number of nitrogens with zero attached hydrogens (tertiary/aromatic N) is 5. The molecule has 15 rings (SSSR count). The molecule has 0 aliphatic carbocycles. The van der Waals surface area contributed by atoms with E-state index in [9.17, 15) is 41.5 Å². The fraction of sp³-hybridized carbons (Fsp3) is 0.0957. The third kappa shape index (κ3) is 22.0. The average Bonchev–Trinajstić information content (AvgIpc) is 1.64. The van der Waals surface area contributed by atoms with Gasteiger partial charge in [0.1, 0.15) is 11.5 Å². The Balaban J connectivity index is 0.000000143. The van der Waals surface area contributed by atoms with E-state index < -0.39 is 48.5 Å². The van der Waals surface area contributed by atoms with Gasteiger partial charge in [0.15, 0.2) is 0 Å². The van der Waals surface area contributed by atoms with E-state index in [1.807, 2.05) is 143 Å². The zero-order chi connectivity index (χ0) is 82.7. The minimum atomic E-state index is -2.95. The number of rotatable bonds is 21. The standard InChI is InChI=1S/C19H15F2NO2.2C19H16FNO3.C19H17NO2.C18H14ClNO2/c1-19(20,21)16-7-2-3-8-17(16)22-10-9-15(12-22)13-5-4-6-14(11-13)18(23)24;1-13(20)24-18-7-3-6-17(11-18)21-9-8-16(12-21)14-4-2-5-15(10-14)19(22)23;1-13(20)24-18-4-2-3-17(11-18)21-10-9-16(12-21)14-5-7-15(8-6-14)19(22)23;1-2-14-4-3-5-18(12-14)20-11-10-17(13-20)15-6-8-16(9-7-15)19(21)22;1-12-8-16(19)10-17(9-12)20-7-6-15(11-20)13-2-4-14(5-3-13)18(21)22/h2-12H,1H3,(H,23,24);2*2-13H,1H3,(H,22,23);3-13H,2H2,1H3,(H,21,22);2-11H,1H3,(H,21,22). The topological polar surface area (TPSA) is 230 Å². The first-order chi connectivity index (χ1) is 55.6. The maximum Gasteiger partial charge on any atom is 0.335 e. The van der Waals surface area contributed by atoms with Crippen molar-refractivity contribution in [2.45, 2.75) is 59.7 Å². The van der Waals surface area contributed by atoms with Crippen LogP contribution in [0.1, 0.15) is 96.2 Å². The molecule has 5 N–H and O–H groups in total. The molecule has 0 bridgehead atoms. The molecule has 0 saturated heterocycles. The maximum atomic E-state index is 13.8. The molecule has 10 aromatic carbocycles. The van der Waals surface area contributed by atoms with E-state index in [4.69, 9.17) is 46.6 Å². The summed E-state index contributed by atoms with van der Waals surface area (Å²) in [5, 5.41) is 45.7. The largest absolute Gasteiger partial charge is 0.478 e. The van der Waals surface area contributed by atoms with Crippen LogP contribution in [0.25, 0.3) is 84.1 Å². The number of carboxylic acid groups (broad SMARTS) is 5. The molecule has 0 aliphatic rings. The van der Waals surface area contributed by atoms with Crippen LogP contribution in [0.15, 0.2) is 329 Å². The first kappa shape index (κ1) is 82.5. The van der Waals surface area contributed by atoms with Gasteiger partial charge in [-0.15, -0.1) is 0 Å². The van der Waals surface area contributed by atoms with E-state index in [1.165, 1.54) is 31.5 Å². The minimum Gasteiger partial charge on any atom is -0.478 e. The monoisotopic (exact) mass is 1580 g/mol. The van der Waals surface area contributed by atoms with Crippen molar-refractivity contribution < 1.29 is 76.5 Å². The van der Waals surface area contributed by atoms with Gasteiger partial charge in [-0.25, -0.2) is 41.5 Å². The lowest BCUT2D eigenvalue weighted by Crippen LogP contribution is -2.11. The molecule has 22 heteroatoms. The van der Waals surface area contributed by atoms with Gasteiger partial charge in [-0.05, 0) is 232 Å². The zero-order valence-electron chi connectivity index (χ0n) is 63.3. The molecule has 0 amide bonds. The Hall–Kier alpha value is -14.4. The Morgan fingerprint density at radius 2 is 0.707 bits per heavy atom. The minimum absolute atomic E-state index is 0.0635. The number of carbonyl (C=O) groups is 5. The van der Waals surface area contributed by atoms with E-state index in [0.717, 1.165) is 97.3 Å². The van der Waals surface area contributed by atoms with Crippen molar-refractivity contribution in [3.05, 3.63) is 378 Å². The number of halogens is 5. The van der Waals surface area contributed by atoms with Crippen LogP contribution in [0.5, 0.6) is 11.5 Å². The average molecular weight is 1580 g/mol. The molecule has 2 unspecified atom stereocenters. The van der Waals surface area contributed by atoms with Gasteiger partial charge >= 0.3 is 29.8 Å². The van der Waals surface area contributed by atoms with E-state index in [0.29, 0.717) is 27.8 Å². The van der Waals surface area contributed by atoms with Gasteiger partial charge in [-0.3, -0.25) is 0 Å². The molecule has 2 atom stereocenters. The third-order valence-electron chi connectivity index (χ3n) is 18.2. The van der Waals surface area contributed by atoms with Gasteiger partial charge in [0, 0.05) is 128 Å². The first-order valence-electron chi connectivity index (χ1n) is 36.4. The van der Waals surface area contributed by atoms with Crippen LogP contribution in [0.4, 0.5) is 17.6 Å². The number of carboxylic acids is 5. The molecular weight excluding hydrogens is 1500 g/mol. The predicted molar refractivity (Wildman–Crippen MR) is 442 cm³/mol. The quantitative estimate of drug-likeness (QED) is 0.0423. The molecule has 5 aromatic heterocycles. The Bertz CT molecular complexity index is 5910. The summed E-state index contributed by atoms with van der Waals surface area (Å²) >= 11 is 6.10. The lowest BCUT2D eigenvalue weighted by atomic mass is 10.1. The van der Waals surface area contributed by atoms with Crippen molar-refractivity contribution in [1.29, 1.82) is 0 Å². The molecule has 5 heterocycles. The number of aryl methyl sites for hydroxylation is 2. The van der Waals surface area contributed by atoms with Crippen LogP contribution in [-0.2, 0) is 12.3 Å². The molecule has 0 radical (unpaired) electrons. The number of aromatic carboxylic acids is 5. The number of benzene rings is 10. The second-order valence-corrected chi connectivity index (χ2v) is 27.1. The van der Waals surface area contributed by atoms with Crippen molar-refractivity contribution >= 4 is 41.4 Å². The normalized spacial score (nSPS) is 11.3. The maximum absolute atomic E-state index is 13.8.